The molecule has 0 fully saturated rings. The monoisotopic (exact) mass is 358 g/mol. The highest BCUT2D eigenvalue weighted by atomic mass is 32.2. The number of rotatable bonds is 2. The fourth-order valence-electron chi connectivity index (χ4n) is 2.54. The van der Waals surface area contributed by atoms with Crippen LogP contribution in [-0.2, 0) is 15.3 Å². The van der Waals surface area contributed by atoms with Crippen LogP contribution < -0.4 is 5.63 Å². The molecule has 0 amide bonds. The summed E-state index contributed by atoms with van der Waals surface area (Å²) in [4.78, 5) is 11.8. The standard InChI is InChI=1S/C19H18O5S/c1-19(2,3)13-9-12-10-16(18(21)24-17(12)15(20)11-13)25(22,23)14-7-5-4-6-8-14/h4-11,20H,1-3H3. The van der Waals surface area contributed by atoms with Crippen molar-refractivity contribution in [3.63, 3.8) is 0 Å². The fraction of sp³-hybridized carbons (Fsp3) is 0.211. The minimum atomic E-state index is -4.01. The van der Waals surface area contributed by atoms with Crippen LogP contribution in [0.4, 0.5) is 0 Å². The summed E-state index contributed by atoms with van der Waals surface area (Å²) >= 11 is 0. The van der Waals surface area contributed by atoms with Gasteiger partial charge >= 0.3 is 5.63 Å². The zero-order valence-electron chi connectivity index (χ0n) is 14.1. The van der Waals surface area contributed by atoms with Gasteiger partial charge in [0.05, 0.1) is 4.90 Å². The first-order valence-electron chi connectivity index (χ1n) is 7.72. The van der Waals surface area contributed by atoms with Gasteiger partial charge in [0.25, 0.3) is 0 Å². The lowest BCUT2D eigenvalue weighted by atomic mass is 9.86. The van der Waals surface area contributed by atoms with Gasteiger partial charge in [0.1, 0.15) is 0 Å². The Balaban J connectivity index is 2.31. The average molecular weight is 358 g/mol. The number of phenolic OH excluding ortho intramolecular Hbond substituents is 1. The molecule has 0 unspecified atom stereocenters. The number of aromatic hydroxyl groups is 1. The largest absolute Gasteiger partial charge is 0.504 e. The molecule has 6 heteroatoms. The Hall–Kier alpha value is -2.60. The predicted octanol–water partition coefficient (Wildman–Crippen LogP) is 3.63. The average Bonchev–Trinajstić information content (AvgIpc) is 2.54. The van der Waals surface area contributed by atoms with E-state index in [4.69, 9.17) is 4.42 Å². The molecule has 0 atom stereocenters. The van der Waals surface area contributed by atoms with Crippen LogP contribution in [0.1, 0.15) is 26.3 Å². The van der Waals surface area contributed by atoms with Crippen molar-refractivity contribution in [1.29, 1.82) is 0 Å². The second kappa shape index (κ2) is 5.74. The molecule has 0 aliphatic heterocycles. The third-order valence-corrected chi connectivity index (χ3v) is 5.75. The Morgan fingerprint density at radius 2 is 1.64 bits per heavy atom. The van der Waals surface area contributed by atoms with Gasteiger partial charge in [-0.1, -0.05) is 39.0 Å². The molecular formula is C19H18O5S. The topological polar surface area (TPSA) is 84.6 Å². The van der Waals surface area contributed by atoms with Gasteiger partial charge in [0.15, 0.2) is 16.2 Å². The van der Waals surface area contributed by atoms with E-state index in [9.17, 15) is 18.3 Å². The molecule has 25 heavy (non-hydrogen) atoms. The molecule has 0 spiro atoms. The van der Waals surface area contributed by atoms with Gasteiger partial charge in [0.2, 0.25) is 9.84 Å². The molecule has 0 saturated heterocycles. The molecule has 1 heterocycles. The molecule has 0 saturated carbocycles. The van der Waals surface area contributed by atoms with Crippen molar-refractivity contribution in [3.8, 4) is 5.75 Å². The van der Waals surface area contributed by atoms with Gasteiger partial charge in [-0.25, -0.2) is 13.2 Å². The van der Waals surface area contributed by atoms with Crippen LogP contribution in [0, 0.1) is 0 Å². The highest BCUT2D eigenvalue weighted by Gasteiger charge is 2.25. The highest BCUT2D eigenvalue weighted by molar-refractivity contribution is 7.91. The van der Waals surface area contributed by atoms with E-state index in [2.05, 4.69) is 0 Å². The number of hydrogen-bond donors (Lipinski definition) is 1. The van der Waals surface area contributed by atoms with Crippen LogP contribution in [0.3, 0.4) is 0 Å². The van der Waals surface area contributed by atoms with Gasteiger partial charge in [-0.3, -0.25) is 0 Å². The van der Waals surface area contributed by atoms with E-state index in [-0.39, 0.29) is 21.6 Å². The lowest BCUT2D eigenvalue weighted by Crippen LogP contribution is -2.15. The van der Waals surface area contributed by atoms with Crippen LogP contribution in [0.15, 0.2) is 67.5 Å². The molecule has 5 nitrogen and oxygen atoms in total. The number of benzene rings is 2. The van der Waals surface area contributed by atoms with Crippen LogP contribution >= 0.6 is 0 Å². The minimum Gasteiger partial charge on any atom is -0.504 e. The zero-order valence-corrected chi connectivity index (χ0v) is 14.9. The van der Waals surface area contributed by atoms with E-state index in [1.54, 1.807) is 24.3 Å². The number of sulfone groups is 1. The first-order valence-corrected chi connectivity index (χ1v) is 9.20. The first kappa shape index (κ1) is 17.2. The van der Waals surface area contributed by atoms with E-state index in [1.165, 1.54) is 24.3 Å². The lowest BCUT2D eigenvalue weighted by molar-refractivity contribution is 0.449. The first-order chi connectivity index (χ1) is 11.6. The van der Waals surface area contributed by atoms with E-state index < -0.39 is 20.4 Å². The van der Waals surface area contributed by atoms with Gasteiger partial charge in [-0.2, -0.15) is 0 Å². The molecule has 0 aliphatic carbocycles. The van der Waals surface area contributed by atoms with Crippen molar-refractivity contribution in [3.05, 3.63) is 64.5 Å². The maximum absolute atomic E-state index is 12.7. The lowest BCUT2D eigenvalue weighted by Gasteiger charge is -2.19. The Kier molecular flexibility index (Phi) is 3.95. The van der Waals surface area contributed by atoms with Crippen molar-refractivity contribution in [2.75, 3.05) is 0 Å². The van der Waals surface area contributed by atoms with Crippen LogP contribution in [0.2, 0.25) is 0 Å². The van der Waals surface area contributed by atoms with Gasteiger partial charge in [0, 0.05) is 5.39 Å². The minimum absolute atomic E-state index is 0.0119. The third kappa shape index (κ3) is 3.05. The van der Waals surface area contributed by atoms with Crippen molar-refractivity contribution >= 4 is 20.8 Å². The predicted molar refractivity (Wildman–Crippen MR) is 94.7 cm³/mol. The van der Waals surface area contributed by atoms with Crippen LogP contribution in [0.25, 0.3) is 11.0 Å². The van der Waals surface area contributed by atoms with Crippen molar-refractivity contribution < 1.29 is 17.9 Å². The van der Waals surface area contributed by atoms with Crippen LogP contribution in [0.5, 0.6) is 5.75 Å². The highest BCUT2D eigenvalue weighted by Crippen LogP contribution is 2.33. The number of phenols is 1. The summed E-state index contributed by atoms with van der Waals surface area (Å²) in [5.74, 6) is -0.191. The van der Waals surface area contributed by atoms with E-state index in [0.29, 0.717) is 5.39 Å². The van der Waals surface area contributed by atoms with Crippen molar-refractivity contribution in [2.24, 2.45) is 0 Å². The molecule has 1 N–H and O–H groups in total. The molecule has 0 aliphatic rings. The smallest absolute Gasteiger partial charge is 0.355 e. The Labute approximate surface area is 145 Å². The van der Waals surface area contributed by atoms with Gasteiger partial charge in [-0.15, -0.1) is 0 Å². The van der Waals surface area contributed by atoms with E-state index >= 15 is 0 Å². The summed E-state index contributed by atoms with van der Waals surface area (Å²) in [5, 5.41) is 10.5. The Morgan fingerprint density at radius 1 is 1.00 bits per heavy atom. The van der Waals surface area contributed by atoms with Gasteiger partial charge in [-0.05, 0) is 41.3 Å². The second-order valence-electron chi connectivity index (χ2n) is 6.88. The molecule has 3 rings (SSSR count). The Bertz CT molecular complexity index is 1100. The quantitative estimate of drug-likeness (QED) is 0.707. The third-order valence-electron chi connectivity index (χ3n) is 3.99. The zero-order chi connectivity index (χ0) is 18.4. The summed E-state index contributed by atoms with van der Waals surface area (Å²) in [7, 11) is -4.01. The maximum Gasteiger partial charge on any atom is 0.355 e. The summed E-state index contributed by atoms with van der Waals surface area (Å²) < 4.78 is 30.6. The summed E-state index contributed by atoms with van der Waals surface area (Å²) in [6.07, 6.45) is 0. The molecule has 1 aromatic heterocycles. The SMILES string of the molecule is CC(C)(C)c1cc(O)c2oc(=O)c(S(=O)(=O)c3ccccc3)cc2c1. The molecule has 0 radical (unpaired) electrons. The summed E-state index contributed by atoms with van der Waals surface area (Å²) in [6, 6.07) is 12.2. The van der Waals surface area contributed by atoms with E-state index in [1.807, 2.05) is 20.8 Å². The van der Waals surface area contributed by atoms with E-state index in [0.717, 1.165) is 5.56 Å². The van der Waals surface area contributed by atoms with Crippen molar-refractivity contribution in [1.82, 2.24) is 0 Å². The summed E-state index contributed by atoms with van der Waals surface area (Å²) in [6.45, 7) is 5.90. The van der Waals surface area contributed by atoms with Crippen molar-refractivity contribution in [2.45, 2.75) is 36.0 Å². The number of hydrogen-bond acceptors (Lipinski definition) is 5. The second-order valence-corrected chi connectivity index (χ2v) is 8.80. The fourth-order valence-corrected chi connectivity index (χ4v) is 3.86. The molecule has 3 aromatic rings. The molecule has 0 bridgehead atoms. The maximum atomic E-state index is 12.7. The molecule has 130 valence electrons. The molecule has 2 aromatic carbocycles. The van der Waals surface area contributed by atoms with Gasteiger partial charge < -0.3 is 9.52 Å². The number of fused-ring (bicyclic) bond motifs is 1. The molecular weight excluding hydrogens is 340 g/mol. The summed E-state index contributed by atoms with van der Waals surface area (Å²) in [5.41, 5.74) is -0.491. The normalized spacial score (nSPS) is 12.4. The van der Waals surface area contributed by atoms with Crippen LogP contribution in [-0.4, -0.2) is 13.5 Å². The Morgan fingerprint density at radius 3 is 2.24 bits per heavy atom.